The van der Waals surface area contributed by atoms with Crippen LogP contribution in [0.25, 0.3) is 0 Å². The molecule has 0 aliphatic rings. The smallest absolute Gasteiger partial charge is 0.252 e. The van der Waals surface area contributed by atoms with Gasteiger partial charge in [0.15, 0.2) is 0 Å². The van der Waals surface area contributed by atoms with Crippen molar-refractivity contribution in [1.82, 2.24) is 10.2 Å². The summed E-state index contributed by atoms with van der Waals surface area (Å²) in [5, 5.41) is 2.66. The Bertz CT molecular complexity index is 471. The van der Waals surface area contributed by atoms with Gasteiger partial charge in [-0.25, -0.2) is 0 Å². The molecule has 1 aromatic rings. The van der Waals surface area contributed by atoms with Crippen molar-refractivity contribution in [2.75, 3.05) is 19.3 Å². The molecular formula is C13H18BrN3O2. The number of likely N-dealkylation sites (N-methyl/N-ethyl adjacent to an activating group) is 1. The van der Waals surface area contributed by atoms with Gasteiger partial charge in [0.2, 0.25) is 5.91 Å². The molecular weight excluding hydrogens is 310 g/mol. The van der Waals surface area contributed by atoms with E-state index in [0.717, 1.165) is 4.47 Å². The summed E-state index contributed by atoms with van der Waals surface area (Å²) in [6.07, 6.45) is 0. The SMILES string of the molecule is CCN(C)C(=O)C(C)NC(=O)c1cc(N)cc(Br)c1. The lowest BCUT2D eigenvalue weighted by Crippen LogP contribution is -2.45. The minimum absolute atomic E-state index is 0.126. The second-order valence-corrected chi connectivity index (χ2v) is 5.24. The van der Waals surface area contributed by atoms with Crippen molar-refractivity contribution in [2.24, 2.45) is 0 Å². The maximum atomic E-state index is 12.0. The van der Waals surface area contributed by atoms with Crippen LogP contribution in [0.15, 0.2) is 22.7 Å². The van der Waals surface area contributed by atoms with Crippen molar-refractivity contribution in [2.45, 2.75) is 19.9 Å². The molecule has 2 amide bonds. The number of amides is 2. The molecule has 3 N–H and O–H groups in total. The molecule has 6 heteroatoms. The molecule has 1 unspecified atom stereocenters. The Kier molecular flexibility index (Phi) is 5.35. The number of carbonyl (C=O) groups is 2. The lowest BCUT2D eigenvalue weighted by Gasteiger charge is -2.20. The van der Waals surface area contributed by atoms with Gasteiger partial charge in [0, 0.05) is 29.3 Å². The number of carbonyl (C=O) groups excluding carboxylic acids is 2. The van der Waals surface area contributed by atoms with Crippen molar-refractivity contribution in [3.8, 4) is 0 Å². The molecule has 19 heavy (non-hydrogen) atoms. The third kappa shape index (κ3) is 4.24. The number of rotatable bonds is 4. The van der Waals surface area contributed by atoms with Crippen LogP contribution in [0.2, 0.25) is 0 Å². The highest BCUT2D eigenvalue weighted by molar-refractivity contribution is 9.10. The van der Waals surface area contributed by atoms with Crippen molar-refractivity contribution in [3.05, 3.63) is 28.2 Å². The number of nitrogens with zero attached hydrogens (tertiary/aromatic N) is 1. The predicted molar refractivity (Wildman–Crippen MR) is 78.8 cm³/mol. The molecule has 0 fully saturated rings. The minimum Gasteiger partial charge on any atom is -0.399 e. The van der Waals surface area contributed by atoms with Gasteiger partial charge < -0.3 is 16.0 Å². The monoisotopic (exact) mass is 327 g/mol. The Morgan fingerprint density at radius 3 is 2.58 bits per heavy atom. The Labute approximate surface area is 121 Å². The molecule has 0 saturated heterocycles. The molecule has 0 spiro atoms. The molecule has 0 aliphatic heterocycles. The van der Waals surface area contributed by atoms with Crippen molar-refractivity contribution < 1.29 is 9.59 Å². The number of nitrogens with two attached hydrogens (primary N) is 1. The normalized spacial score (nSPS) is 11.8. The van der Waals surface area contributed by atoms with E-state index in [9.17, 15) is 9.59 Å². The van der Waals surface area contributed by atoms with Crippen molar-refractivity contribution >= 4 is 33.4 Å². The number of nitrogens with one attached hydrogen (secondary N) is 1. The van der Waals surface area contributed by atoms with E-state index in [-0.39, 0.29) is 11.8 Å². The summed E-state index contributed by atoms with van der Waals surface area (Å²) < 4.78 is 0.724. The lowest BCUT2D eigenvalue weighted by atomic mass is 10.1. The lowest BCUT2D eigenvalue weighted by molar-refractivity contribution is -0.131. The van der Waals surface area contributed by atoms with E-state index in [1.807, 2.05) is 6.92 Å². The quantitative estimate of drug-likeness (QED) is 0.825. The third-order valence-electron chi connectivity index (χ3n) is 2.75. The molecule has 1 rings (SSSR count). The first-order valence-corrected chi connectivity index (χ1v) is 6.76. The minimum atomic E-state index is -0.572. The zero-order chi connectivity index (χ0) is 14.6. The van der Waals surface area contributed by atoms with Crippen LogP contribution in [0.1, 0.15) is 24.2 Å². The largest absolute Gasteiger partial charge is 0.399 e. The summed E-state index contributed by atoms with van der Waals surface area (Å²) >= 11 is 3.28. The van der Waals surface area contributed by atoms with Crippen LogP contribution in [-0.2, 0) is 4.79 Å². The number of nitrogen functional groups attached to an aromatic ring is 1. The average molecular weight is 328 g/mol. The van der Waals surface area contributed by atoms with Crippen molar-refractivity contribution in [3.63, 3.8) is 0 Å². The summed E-state index contributed by atoms with van der Waals surface area (Å²) in [7, 11) is 1.70. The maximum absolute atomic E-state index is 12.0. The Morgan fingerprint density at radius 1 is 1.42 bits per heavy atom. The number of benzene rings is 1. The van der Waals surface area contributed by atoms with E-state index in [4.69, 9.17) is 5.73 Å². The summed E-state index contributed by atoms with van der Waals surface area (Å²) in [6.45, 7) is 4.14. The van der Waals surface area contributed by atoms with E-state index in [0.29, 0.717) is 17.8 Å². The molecule has 0 heterocycles. The van der Waals surface area contributed by atoms with Crippen LogP contribution in [0.4, 0.5) is 5.69 Å². The molecule has 5 nitrogen and oxygen atoms in total. The summed E-state index contributed by atoms with van der Waals surface area (Å²) in [5.41, 5.74) is 6.58. The summed E-state index contributed by atoms with van der Waals surface area (Å²) in [4.78, 5) is 25.4. The highest BCUT2D eigenvalue weighted by atomic mass is 79.9. The van der Waals surface area contributed by atoms with Gasteiger partial charge in [-0.3, -0.25) is 9.59 Å². The van der Waals surface area contributed by atoms with Gasteiger partial charge in [-0.05, 0) is 32.0 Å². The standard InChI is InChI=1S/C13H18BrN3O2/c1-4-17(3)13(19)8(2)16-12(18)9-5-10(14)7-11(15)6-9/h5-8H,4,15H2,1-3H3,(H,16,18). The first-order valence-electron chi connectivity index (χ1n) is 5.97. The molecule has 0 aliphatic carbocycles. The van der Waals surface area contributed by atoms with Gasteiger partial charge in [-0.1, -0.05) is 15.9 Å². The van der Waals surface area contributed by atoms with E-state index >= 15 is 0 Å². The van der Waals surface area contributed by atoms with E-state index in [2.05, 4.69) is 21.2 Å². The van der Waals surface area contributed by atoms with Crippen LogP contribution in [0, 0.1) is 0 Å². The Hall–Kier alpha value is -1.56. The Balaban J connectivity index is 2.77. The highest BCUT2D eigenvalue weighted by Gasteiger charge is 2.19. The highest BCUT2D eigenvalue weighted by Crippen LogP contribution is 2.17. The molecule has 0 saturated carbocycles. The zero-order valence-corrected chi connectivity index (χ0v) is 12.8. The maximum Gasteiger partial charge on any atom is 0.252 e. The van der Waals surface area contributed by atoms with Gasteiger partial charge in [0.05, 0.1) is 0 Å². The fraction of sp³-hybridized carbons (Fsp3) is 0.385. The van der Waals surface area contributed by atoms with Crippen molar-refractivity contribution in [1.29, 1.82) is 0 Å². The molecule has 104 valence electrons. The first-order chi connectivity index (χ1) is 8.85. The van der Waals surface area contributed by atoms with Crippen LogP contribution in [0.5, 0.6) is 0 Å². The molecule has 0 aromatic heterocycles. The number of halogens is 1. The van der Waals surface area contributed by atoms with E-state index in [1.54, 1.807) is 37.1 Å². The summed E-state index contributed by atoms with van der Waals surface area (Å²) in [5.74, 6) is -0.447. The van der Waals surface area contributed by atoms with E-state index in [1.165, 1.54) is 0 Å². The second-order valence-electron chi connectivity index (χ2n) is 4.32. The topological polar surface area (TPSA) is 75.4 Å². The second kappa shape index (κ2) is 6.56. The number of anilines is 1. The fourth-order valence-electron chi connectivity index (χ4n) is 1.57. The Morgan fingerprint density at radius 2 is 2.05 bits per heavy atom. The van der Waals surface area contributed by atoms with Crippen LogP contribution < -0.4 is 11.1 Å². The van der Waals surface area contributed by atoms with Gasteiger partial charge in [-0.15, -0.1) is 0 Å². The third-order valence-corrected chi connectivity index (χ3v) is 3.21. The predicted octanol–water partition coefficient (Wildman–Crippen LogP) is 1.63. The zero-order valence-electron chi connectivity index (χ0n) is 11.2. The van der Waals surface area contributed by atoms with Crippen LogP contribution in [-0.4, -0.2) is 36.3 Å². The van der Waals surface area contributed by atoms with Crippen LogP contribution in [0.3, 0.4) is 0 Å². The molecule has 1 aromatic carbocycles. The van der Waals surface area contributed by atoms with Gasteiger partial charge >= 0.3 is 0 Å². The van der Waals surface area contributed by atoms with E-state index < -0.39 is 6.04 Å². The summed E-state index contributed by atoms with van der Waals surface area (Å²) in [6, 6.07) is 4.36. The van der Waals surface area contributed by atoms with Gasteiger partial charge in [0.1, 0.15) is 6.04 Å². The number of hydrogen-bond donors (Lipinski definition) is 2. The first kappa shape index (κ1) is 15.5. The molecule has 0 radical (unpaired) electrons. The van der Waals surface area contributed by atoms with Gasteiger partial charge in [-0.2, -0.15) is 0 Å². The molecule has 0 bridgehead atoms. The number of hydrogen-bond acceptors (Lipinski definition) is 3. The average Bonchev–Trinajstić information content (AvgIpc) is 2.35. The molecule has 1 atom stereocenters. The van der Waals surface area contributed by atoms with Crippen LogP contribution >= 0.6 is 15.9 Å². The fourth-order valence-corrected chi connectivity index (χ4v) is 2.08. The van der Waals surface area contributed by atoms with Gasteiger partial charge in [0.25, 0.3) is 5.91 Å².